The van der Waals surface area contributed by atoms with Gasteiger partial charge in [-0.2, -0.15) is 0 Å². The molecule has 0 radical (unpaired) electrons. The van der Waals surface area contributed by atoms with Gasteiger partial charge >= 0.3 is 0 Å². The van der Waals surface area contributed by atoms with E-state index in [9.17, 15) is 24.0 Å². The molecule has 3 rings (SSSR count). The lowest BCUT2D eigenvalue weighted by Gasteiger charge is -2.41. The smallest absolute Gasteiger partial charge is 0.245 e. The van der Waals surface area contributed by atoms with Crippen molar-refractivity contribution in [3.05, 3.63) is 52.5 Å². The fourth-order valence-electron chi connectivity index (χ4n) is 9.04. The van der Waals surface area contributed by atoms with Crippen LogP contribution in [0.1, 0.15) is 97.2 Å². The molecule has 426 valence electrons. The Morgan fingerprint density at radius 3 is 1.91 bits per heavy atom. The Hall–Kier alpha value is -4.16. The molecule has 75 heavy (non-hydrogen) atoms. The highest BCUT2D eigenvalue weighted by molar-refractivity contribution is 7.09. The molecule has 1 aromatic carbocycles. The number of thiazole rings is 1. The van der Waals surface area contributed by atoms with Gasteiger partial charge in [0, 0.05) is 52.4 Å². The zero-order valence-electron chi connectivity index (χ0n) is 46.5. The van der Waals surface area contributed by atoms with Gasteiger partial charge < -0.3 is 69.4 Å². The summed E-state index contributed by atoms with van der Waals surface area (Å²) in [4.78, 5) is 77.7. The summed E-state index contributed by atoms with van der Waals surface area (Å²) in [6, 6.07) is 7.75. The summed E-state index contributed by atoms with van der Waals surface area (Å²) in [6.07, 6.45) is 3.08. The highest BCUT2D eigenvalue weighted by atomic mass is 32.1. The van der Waals surface area contributed by atoms with Gasteiger partial charge in [-0.1, -0.05) is 71.4 Å². The van der Waals surface area contributed by atoms with Gasteiger partial charge in [0.2, 0.25) is 29.5 Å². The Balaban J connectivity index is 1.50. The summed E-state index contributed by atoms with van der Waals surface area (Å²) in [5.41, 5.74) is 5.08. The number of hydrogen-bond acceptors (Lipinski definition) is 16. The molecule has 1 aliphatic heterocycles. The summed E-state index contributed by atoms with van der Waals surface area (Å²) in [6.45, 7) is 18.5. The molecule has 1 fully saturated rings. The molecule has 20 nitrogen and oxygen atoms in total. The van der Waals surface area contributed by atoms with Crippen molar-refractivity contribution in [3.63, 3.8) is 0 Å². The van der Waals surface area contributed by atoms with E-state index in [1.165, 1.54) is 18.4 Å². The van der Waals surface area contributed by atoms with Crippen LogP contribution in [0.2, 0.25) is 0 Å². The first-order valence-corrected chi connectivity index (χ1v) is 27.5. The largest absolute Gasteiger partial charge is 0.379 e. The Labute approximate surface area is 450 Å². The predicted octanol–water partition coefficient (Wildman–Crippen LogP) is 3.95. The van der Waals surface area contributed by atoms with E-state index < -0.39 is 47.6 Å². The van der Waals surface area contributed by atoms with Crippen molar-refractivity contribution >= 4 is 40.9 Å². The summed E-state index contributed by atoms with van der Waals surface area (Å²) in [5, 5.41) is 11.6. The zero-order valence-corrected chi connectivity index (χ0v) is 47.3. The zero-order chi connectivity index (χ0) is 55.2. The van der Waals surface area contributed by atoms with E-state index in [4.69, 9.17) is 43.6 Å². The first-order chi connectivity index (χ1) is 36.0. The number of amides is 5. The molecule has 0 bridgehead atoms. The summed E-state index contributed by atoms with van der Waals surface area (Å²) in [7, 11) is 4.80. The van der Waals surface area contributed by atoms with E-state index in [0.717, 1.165) is 17.0 Å². The first kappa shape index (κ1) is 65.1. The monoisotopic (exact) mass is 1080 g/mol. The third-order valence-corrected chi connectivity index (χ3v) is 14.3. The van der Waals surface area contributed by atoms with Gasteiger partial charge in [0.15, 0.2) is 0 Å². The standard InChI is InChI=1S/C54H91N7O13S/c1-11-39(4)48(44(67-9)37-46(63)61-22-15-18-43(61)49(68-10)40(5)50(64)57-42(51-56-21-35-75-51)36-41-16-13-12-14-17-41)60(8)52(65)47(38(2)3)58-53(66)54(6,7)59-45(62)19-23-69-25-27-71-29-31-73-33-34-74-32-30-72-28-26-70-24-20-55/h12-14,16-17,21,35,38-40,42-44,47-49H,11,15,18-20,22-34,36-37,55H2,1-10H3,(H,57,64)(H,58,66)(H,59,62)/t39-,40+,42-,43-,44+,47-,48-,49+/m0/s1. The Kier molecular flexibility index (Phi) is 31.3. The molecule has 0 spiro atoms. The van der Waals surface area contributed by atoms with Crippen molar-refractivity contribution in [3.8, 4) is 0 Å². The van der Waals surface area contributed by atoms with Crippen LogP contribution < -0.4 is 21.7 Å². The van der Waals surface area contributed by atoms with Crippen molar-refractivity contribution in [1.82, 2.24) is 30.7 Å². The molecule has 2 heterocycles. The van der Waals surface area contributed by atoms with Gasteiger partial charge in [0.05, 0.1) is 122 Å². The number of nitrogens with zero attached hydrogens (tertiary/aromatic N) is 3. The number of ether oxygens (including phenoxy) is 8. The highest BCUT2D eigenvalue weighted by Gasteiger charge is 2.44. The molecule has 8 atom stereocenters. The van der Waals surface area contributed by atoms with Crippen LogP contribution in [0, 0.1) is 17.8 Å². The minimum Gasteiger partial charge on any atom is -0.379 e. The molecule has 1 saturated heterocycles. The number of carbonyl (C=O) groups is 5. The highest BCUT2D eigenvalue weighted by Crippen LogP contribution is 2.31. The lowest BCUT2D eigenvalue weighted by Crippen LogP contribution is -2.62. The van der Waals surface area contributed by atoms with Crippen LogP contribution in [0.25, 0.3) is 0 Å². The lowest BCUT2D eigenvalue weighted by molar-refractivity contribution is -0.148. The van der Waals surface area contributed by atoms with Crippen LogP contribution in [0.15, 0.2) is 41.9 Å². The van der Waals surface area contributed by atoms with Crippen molar-refractivity contribution in [2.24, 2.45) is 23.5 Å². The van der Waals surface area contributed by atoms with Crippen LogP contribution in [0.3, 0.4) is 0 Å². The van der Waals surface area contributed by atoms with Gasteiger partial charge in [-0.25, -0.2) is 4.98 Å². The number of nitrogens with two attached hydrogens (primary N) is 1. The van der Waals surface area contributed by atoms with Crippen LogP contribution in [0.4, 0.5) is 0 Å². The van der Waals surface area contributed by atoms with Gasteiger partial charge in [-0.05, 0) is 50.5 Å². The number of likely N-dealkylation sites (N-methyl/N-ethyl adjacent to an activating group) is 1. The number of methoxy groups -OCH3 is 2. The average Bonchev–Trinajstić information content (AvgIpc) is 4.12. The molecule has 0 aliphatic carbocycles. The molecular formula is C54H91N7O13S. The molecule has 21 heteroatoms. The summed E-state index contributed by atoms with van der Waals surface area (Å²) in [5.74, 6) is -2.65. The van der Waals surface area contributed by atoms with Crippen molar-refractivity contribution in [2.45, 2.75) is 129 Å². The van der Waals surface area contributed by atoms with E-state index in [1.54, 1.807) is 44.0 Å². The summed E-state index contributed by atoms with van der Waals surface area (Å²) < 4.78 is 44.9. The number of aromatic nitrogens is 1. The Bertz CT molecular complexity index is 1920. The van der Waals surface area contributed by atoms with Gasteiger partial charge in [-0.15, -0.1) is 11.3 Å². The Morgan fingerprint density at radius 1 is 0.827 bits per heavy atom. The fraction of sp³-hybridized carbons (Fsp3) is 0.741. The lowest BCUT2D eigenvalue weighted by atomic mass is 9.89. The van der Waals surface area contributed by atoms with Crippen molar-refractivity contribution < 1.29 is 61.9 Å². The quantitative estimate of drug-likeness (QED) is 0.0692. The molecule has 0 saturated carbocycles. The predicted molar refractivity (Wildman–Crippen MR) is 287 cm³/mol. The second-order valence-electron chi connectivity index (χ2n) is 19.8. The van der Waals surface area contributed by atoms with Crippen LogP contribution in [0.5, 0.6) is 0 Å². The van der Waals surface area contributed by atoms with E-state index in [0.29, 0.717) is 98.4 Å². The molecule has 2 aromatic rings. The molecule has 1 aliphatic rings. The topological polar surface area (TPSA) is 241 Å². The summed E-state index contributed by atoms with van der Waals surface area (Å²) >= 11 is 1.49. The molecular weight excluding hydrogens is 987 g/mol. The van der Waals surface area contributed by atoms with Gasteiger partial charge in [0.25, 0.3) is 0 Å². The number of rotatable bonds is 40. The maximum atomic E-state index is 14.5. The Morgan fingerprint density at radius 2 is 1.40 bits per heavy atom. The van der Waals surface area contributed by atoms with Crippen LogP contribution in [-0.4, -0.2) is 194 Å². The minimum atomic E-state index is -1.36. The second kappa shape index (κ2) is 36.0. The fourth-order valence-corrected chi connectivity index (χ4v) is 9.73. The third kappa shape index (κ3) is 22.8. The van der Waals surface area contributed by atoms with E-state index in [-0.39, 0.29) is 67.7 Å². The maximum absolute atomic E-state index is 14.5. The van der Waals surface area contributed by atoms with E-state index in [1.807, 2.05) is 70.3 Å². The average molecular weight is 1080 g/mol. The second-order valence-corrected chi connectivity index (χ2v) is 20.7. The number of hydrogen-bond donors (Lipinski definition) is 4. The number of carbonyl (C=O) groups excluding carboxylic acids is 5. The molecule has 5 amide bonds. The van der Waals surface area contributed by atoms with Crippen LogP contribution in [-0.2, 0) is 68.3 Å². The molecule has 5 N–H and O–H groups in total. The van der Waals surface area contributed by atoms with Crippen molar-refractivity contribution in [2.75, 3.05) is 114 Å². The maximum Gasteiger partial charge on any atom is 0.245 e. The third-order valence-electron chi connectivity index (χ3n) is 13.4. The van der Waals surface area contributed by atoms with Crippen LogP contribution >= 0.6 is 11.3 Å². The molecule has 0 unspecified atom stereocenters. The number of benzene rings is 1. The first-order valence-electron chi connectivity index (χ1n) is 26.6. The minimum absolute atomic E-state index is 0.0120. The SMILES string of the molecule is CC[C@H](C)[C@@H]([C@@H](CC(=O)N1CCC[C@H]1[C@H](OC)[C@@H](C)C(=O)N[C@@H](Cc1ccccc1)c1nccs1)OC)N(C)C(=O)[C@@H](NC(=O)C(C)(C)NC(=O)CCOCCOCCOCCOCCOCCOCCN)C(C)C. The van der Waals surface area contributed by atoms with E-state index >= 15 is 0 Å². The number of nitrogens with one attached hydrogen (secondary N) is 3. The van der Waals surface area contributed by atoms with E-state index in [2.05, 4.69) is 20.9 Å². The van der Waals surface area contributed by atoms with Crippen molar-refractivity contribution in [1.29, 1.82) is 0 Å². The van der Waals surface area contributed by atoms with Gasteiger partial charge in [-0.3, -0.25) is 24.0 Å². The van der Waals surface area contributed by atoms with Gasteiger partial charge in [0.1, 0.15) is 16.6 Å². The number of likely N-dealkylation sites (tertiary alicyclic amines) is 1. The molecule has 1 aromatic heterocycles. The normalized spacial score (nSPS) is 16.7.